The third-order valence-corrected chi connectivity index (χ3v) is 4.28. The van der Waals surface area contributed by atoms with E-state index < -0.39 is 13.0 Å². The van der Waals surface area contributed by atoms with Crippen molar-refractivity contribution in [1.82, 2.24) is 24.5 Å². The minimum Gasteiger partial charge on any atom is -0.372 e. The van der Waals surface area contributed by atoms with Gasteiger partial charge in [-0.25, -0.2) is 23.7 Å². The van der Waals surface area contributed by atoms with Crippen LogP contribution in [0, 0.1) is 13.8 Å². The molecule has 0 atom stereocenters. The zero-order chi connectivity index (χ0) is 19.7. The summed E-state index contributed by atoms with van der Waals surface area (Å²) in [6, 6.07) is 3.59. The number of aromatic nitrogens is 5. The standard InChI is InChI=1S/C18H21F2N7/c1-5-11(15-9(2)23-18(21)26-16(15)22-4)12-6-7-13-17(25-12)27(8-14(19)20)10(3)24-13/h5-7,14H,8H2,1-4H3,(H3,21,22,23,26)/b11-5-. The van der Waals surface area contributed by atoms with Crippen LogP contribution in [0.4, 0.5) is 20.5 Å². The van der Waals surface area contributed by atoms with Gasteiger partial charge in [0, 0.05) is 18.2 Å². The van der Waals surface area contributed by atoms with Gasteiger partial charge in [-0.05, 0) is 32.9 Å². The van der Waals surface area contributed by atoms with Gasteiger partial charge in [0.25, 0.3) is 6.43 Å². The molecular weight excluding hydrogens is 352 g/mol. The highest BCUT2D eigenvalue weighted by molar-refractivity contribution is 5.87. The SMILES string of the molecule is C/C=C(/c1ccc2nc(C)n(CC(F)F)c2n1)c1c(C)nc(N)nc1NC. The summed E-state index contributed by atoms with van der Waals surface area (Å²) in [4.78, 5) is 17.4. The molecular formula is C18H21F2N7. The fourth-order valence-corrected chi connectivity index (χ4v) is 3.14. The average Bonchev–Trinajstić information content (AvgIpc) is 2.91. The number of hydrogen-bond acceptors (Lipinski definition) is 6. The van der Waals surface area contributed by atoms with E-state index in [1.807, 2.05) is 26.0 Å². The van der Waals surface area contributed by atoms with E-state index >= 15 is 0 Å². The van der Waals surface area contributed by atoms with Crippen LogP contribution in [-0.2, 0) is 6.54 Å². The number of pyridine rings is 1. The molecule has 0 amide bonds. The number of alkyl halides is 2. The number of anilines is 2. The maximum absolute atomic E-state index is 13.0. The summed E-state index contributed by atoms with van der Waals surface area (Å²) in [5, 5.41) is 3.02. The molecule has 0 aliphatic carbocycles. The van der Waals surface area contributed by atoms with Crippen LogP contribution in [0.15, 0.2) is 18.2 Å². The van der Waals surface area contributed by atoms with E-state index in [1.165, 1.54) is 4.57 Å². The monoisotopic (exact) mass is 373 g/mol. The number of hydrogen-bond donors (Lipinski definition) is 2. The molecule has 9 heteroatoms. The first-order valence-corrected chi connectivity index (χ1v) is 8.46. The van der Waals surface area contributed by atoms with Crippen LogP contribution in [-0.4, -0.2) is 38.0 Å². The van der Waals surface area contributed by atoms with Crippen molar-refractivity contribution in [2.24, 2.45) is 0 Å². The molecule has 142 valence electrons. The van der Waals surface area contributed by atoms with Gasteiger partial charge < -0.3 is 15.6 Å². The Morgan fingerprint density at radius 2 is 1.96 bits per heavy atom. The predicted molar refractivity (Wildman–Crippen MR) is 102 cm³/mol. The molecule has 0 aliphatic heterocycles. The van der Waals surface area contributed by atoms with Gasteiger partial charge in [0.1, 0.15) is 17.2 Å². The molecule has 7 nitrogen and oxygen atoms in total. The zero-order valence-electron chi connectivity index (χ0n) is 15.6. The minimum atomic E-state index is -2.49. The molecule has 0 unspecified atom stereocenters. The van der Waals surface area contributed by atoms with Crippen LogP contribution in [0.1, 0.15) is 29.7 Å². The van der Waals surface area contributed by atoms with Gasteiger partial charge >= 0.3 is 0 Å². The summed E-state index contributed by atoms with van der Waals surface area (Å²) in [5.41, 5.74) is 9.60. The number of nitrogens with two attached hydrogens (primary N) is 1. The number of fused-ring (bicyclic) bond motifs is 1. The first-order chi connectivity index (χ1) is 12.8. The van der Waals surface area contributed by atoms with E-state index in [2.05, 4.69) is 25.3 Å². The van der Waals surface area contributed by atoms with Gasteiger partial charge in [-0.3, -0.25) is 0 Å². The maximum Gasteiger partial charge on any atom is 0.256 e. The van der Waals surface area contributed by atoms with E-state index in [0.717, 1.165) is 11.1 Å². The number of allylic oxidation sites excluding steroid dienone is 1. The fourth-order valence-electron chi connectivity index (χ4n) is 3.14. The number of aryl methyl sites for hydroxylation is 2. The van der Waals surface area contributed by atoms with Crippen molar-refractivity contribution in [2.75, 3.05) is 18.1 Å². The topological polar surface area (TPSA) is 94.5 Å². The first kappa shape index (κ1) is 18.7. The van der Waals surface area contributed by atoms with Crippen LogP contribution in [0.25, 0.3) is 16.7 Å². The summed E-state index contributed by atoms with van der Waals surface area (Å²) in [6.07, 6.45) is -0.603. The lowest BCUT2D eigenvalue weighted by molar-refractivity contribution is 0.127. The second-order valence-corrected chi connectivity index (χ2v) is 6.04. The minimum absolute atomic E-state index is 0.171. The molecule has 3 aromatic heterocycles. The third-order valence-electron chi connectivity index (χ3n) is 4.28. The average molecular weight is 373 g/mol. The quantitative estimate of drug-likeness (QED) is 0.713. The van der Waals surface area contributed by atoms with Crippen LogP contribution in [0.2, 0.25) is 0 Å². The Hall–Kier alpha value is -3.10. The van der Waals surface area contributed by atoms with Crippen molar-refractivity contribution >= 4 is 28.5 Å². The van der Waals surface area contributed by atoms with Crippen LogP contribution in [0.3, 0.4) is 0 Å². The molecule has 0 aromatic carbocycles. The van der Waals surface area contributed by atoms with Crippen LogP contribution >= 0.6 is 0 Å². The highest BCUT2D eigenvalue weighted by Crippen LogP contribution is 2.31. The lowest BCUT2D eigenvalue weighted by Gasteiger charge is -2.15. The van der Waals surface area contributed by atoms with Crippen molar-refractivity contribution in [2.45, 2.75) is 33.7 Å². The maximum atomic E-state index is 13.0. The van der Waals surface area contributed by atoms with Crippen molar-refractivity contribution in [3.63, 3.8) is 0 Å². The molecule has 0 aliphatic rings. The molecule has 27 heavy (non-hydrogen) atoms. The molecule has 3 aromatic rings. The number of nitrogens with one attached hydrogen (secondary N) is 1. The number of nitrogen functional groups attached to an aromatic ring is 1. The Labute approximate surface area is 155 Å². The van der Waals surface area contributed by atoms with Gasteiger partial charge in [0.05, 0.1) is 17.9 Å². The molecule has 3 rings (SSSR count). The highest BCUT2D eigenvalue weighted by Gasteiger charge is 2.19. The Bertz CT molecular complexity index is 1020. The molecule has 0 saturated carbocycles. The van der Waals surface area contributed by atoms with E-state index in [0.29, 0.717) is 34.2 Å². The van der Waals surface area contributed by atoms with Gasteiger partial charge in [-0.1, -0.05) is 6.08 Å². The van der Waals surface area contributed by atoms with Gasteiger partial charge in [-0.2, -0.15) is 4.98 Å². The molecule has 3 heterocycles. The predicted octanol–water partition coefficient (Wildman–Crippen LogP) is 3.18. The van der Waals surface area contributed by atoms with Crippen LogP contribution in [0.5, 0.6) is 0 Å². The normalized spacial score (nSPS) is 12.2. The Balaban J connectivity index is 2.19. The third kappa shape index (κ3) is 3.44. The lowest BCUT2D eigenvalue weighted by atomic mass is 10.0. The molecule has 3 N–H and O–H groups in total. The summed E-state index contributed by atoms with van der Waals surface area (Å²) in [6.45, 7) is 4.95. The number of halogens is 2. The second-order valence-electron chi connectivity index (χ2n) is 6.04. The smallest absolute Gasteiger partial charge is 0.256 e. The summed E-state index contributed by atoms with van der Waals surface area (Å²) < 4.78 is 27.4. The Morgan fingerprint density at radius 3 is 2.59 bits per heavy atom. The highest BCUT2D eigenvalue weighted by atomic mass is 19.3. The Morgan fingerprint density at radius 1 is 1.22 bits per heavy atom. The molecule has 0 fully saturated rings. The summed E-state index contributed by atoms with van der Waals surface area (Å²) in [7, 11) is 1.75. The lowest BCUT2D eigenvalue weighted by Crippen LogP contribution is -2.10. The van der Waals surface area contributed by atoms with E-state index in [-0.39, 0.29) is 5.95 Å². The van der Waals surface area contributed by atoms with Gasteiger partial charge in [0.2, 0.25) is 5.95 Å². The van der Waals surface area contributed by atoms with Crippen molar-refractivity contribution in [3.8, 4) is 0 Å². The van der Waals surface area contributed by atoms with Crippen molar-refractivity contribution in [1.29, 1.82) is 0 Å². The van der Waals surface area contributed by atoms with Crippen molar-refractivity contribution in [3.05, 3.63) is 41.0 Å². The van der Waals surface area contributed by atoms with Crippen LogP contribution < -0.4 is 11.1 Å². The van der Waals surface area contributed by atoms with Gasteiger partial charge in [0.15, 0.2) is 5.65 Å². The molecule has 0 bridgehead atoms. The van der Waals surface area contributed by atoms with E-state index in [9.17, 15) is 8.78 Å². The molecule has 0 spiro atoms. The number of rotatable bonds is 5. The molecule has 0 saturated heterocycles. The summed E-state index contributed by atoms with van der Waals surface area (Å²) in [5.74, 6) is 1.25. The Kier molecular flexibility index (Phi) is 5.02. The first-order valence-electron chi connectivity index (χ1n) is 8.46. The van der Waals surface area contributed by atoms with E-state index in [1.54, 1.807) is 20.0 Å². The fraction of sp³-hybridized carbons (Fsp3) is 0.333. The second kappa shape index (κ2) is 7.26. The summed E-state index contributed by atoms with van der Waals surface area (Å²) >= 11 is 0. The largest absolute Gasteiger partial charge is 0.372 e. The van der Waals surface area contributed by atoms with Gasteiger partial charge in [-0.15, -0.1) is 0 Å². The zero-order valence-corrected chi connectivity index (χ0v) is 15.6. The number of imidazole rings is 1. The van der Waals surface area contributed by atoms with Crippen molar-refractivity contribution < 1.29 is 8.78 Å². The van der Waals surface area contributed by atoms with E-state index in [4.69, 9.17) is 5.73 Å². The molecule has 0 radical (unpaired) electrons. The number of nitrogens with zero attached hydrogens (tertiary/aromatic N) is 5.